The lowest BCUT2D eigenvalue weighted by molar-refractivity contribution is 0.0986. The number of aryl methyl sites for hydroxylation is 2. The average molecular weight is 320 g/mol. The van der Waals surface area contributed by atoms with Crippen LogP contribution in [0, 0.1) is 13.8 Å². The Hall–Kier alpha value is -1.13. The van der Waals surface area contributed by atoms with E-state index < -0.39 is 0 Å². The van der Waals surface area contributed by atoms with Gasteiger partial charge in [0, 0.05) is 17.8 Å². The van der Waals surface area contributed by atoms with Gasteiger partial charge in [0.05, 0.1) is 0 Å². The Morgan fingerprint density at radius 2 is 1.86 bits per heavy atom. The van der Waals surface area contributed by atoms with E-state index >= 15 is 0 Å². The zero-order valence-electron chi connectivity index (χ0n) is 14.3. The van der Waals surface area contributed by atoms with E-state index in [0.717, 1.165) is 12.2 Å². The summed E-state index contributed by atoms with van der Waals surface area (Å²) in [4.78, 5) is 2.57. The molecule has 2 rings (SSSR count). The first-order valence-electron chi connectivity index (χ1n) is 8.26. The predicted molar refractivity (Wildman–Crippen MR) is 99.6 cm³/mol. The van der Waals surface area contributed by atoms with Gasteiger partial charge in [-0.15, -0.1) is 0 Å². The van der Waals surface area contributed by atoms with Crippen molar-refractivity contribution in [3.8, 4) is 0 Å². The third kappa shape index (κ3) is 4.68. The van der Waals surface area contributed by atoms with Gasteiger partial charge in [0.1, 0.15) is 0 Å². The lowest BCUT2D eigenvalue weighted by Crippen LogP contribution is -2.53. The van der Waals surface area contributed by atoms with Gasteiger partial charge in [-0.2, -0.15) is 0 Å². The van der Waals surface area contributed by atoms with Crippen LogP contribution in [0.3, 0.4) is 0 Å². The minimum absolute atomic E-state index is 0.133. The first kappa shape index (κ1) is 17.2. The van der Waals surface area contributed by atoms with Crippen molar-refractivity contribution in [2.24, 2.45) is 0 Å². The molecule has 0 radical (unpaired) electrons. The second-order valence-electron chi connectivity index (χ2n) is 6.99. The van der Waals surface area contributed by atoms with Gasteiger partial charge in [-0.1, -0.05) is 24.1 Å². The van der Waals surface area contributed by atoms with Crippen LogP contribution in [0.15, 0.2) is 18.2 Å². The minimum Gasteiger partial charge on any atom is -0.361 e. The van der Waals surface area contributed by atoms with E-state index in [0.29, 0.717) is 5.11 Å². The molecule has 1 aromatic rings. The zero-order chi connectivity index (χ0) is 16.2. The van der Waals surface area contributed by atoms with Crippen LogP contribution < -0.4 is 10.6 Å². The molecule has 0 spiro atoms. The van der Waals surface area contributed by atoms with Crippen molar-refractivity contribution in [1.82, 2.24) is 10.2 Å². The maximum Gasteiger partial charge on any atom is 0.170 e. The van der Waals surface area contributed by atoms with E-state index in [4.69, 9.17) is 12.2 Å². The molecule has 3 nitrogen and oxygen atoms in total. The quantitative estimate of drug-likeness (QED) is 0.824. The number of benzene rings is 1. The normalized spacial score (nSPS) is 16.4. The summed E-state index contributed by atoms with van der Waals surface area (Å²) in [6.45, 7) is 12.1. The van der Waals surface area contributed by atoms with E-state index in [1.165, 1.54) is 43.5 Å². The monoisotopic (exact) mass is 319 g/mol. The Labute approximate surface area is 140 Å². The molecule has 0 atom stereocenters. The summed E-state index contributed by atoms with van der Waals surface area (Å²) in [5, 5.41) is 7.41. The topological polar surface area (TPSA) is 27.3 Å². The van der Waals surface area contributed by atoms with Crippen LogP contribution in [-0.2, 0) is 0 Å². The van der Waals surface area contributed by atoms with E-state index in [1.807, 2.05) is 0 Å². The fourth-order valence-electron chi connectivity index (χ4n) is 3.03. The van der Waals surface area contributed by atoms with E-state index in [-0.39, 0.29) is 5.54 Å². The fourth-order valence-corrected chi connectivity index (χ4v) is 3.21. The van der Waals surface area contributed by atoms with E-state index in [2.05, 4.69) is 61.4 Å². The van der Waals surface area contributed by atoms with Crippen molar-refractivity contribution >= 4 is 23.0 Å². The standard InChI is InChI=1S/C18H29N3S/c1-14-8-9-16(15(2)12-14)20-17(22)19-13-18(3,4)21-10-6-5-7-11-21/h8-9,12H,5-7,10-11,13H2,1-4H3,(H2,19,20,22). The number of nitrogens with one attached hydrogen (secondary N) is 2. The molecule has 1 aromatic carbocycles. The molecule has 0 aromatic heterocycles. The van der Waals surface area contributed by atoms with Gasteiger partial charge in [-0.05, 0) is 77.5 Å². The average Bonchev–Trinajstić information content (AvgIpc) is 2.49. The van der Waals surface area contributed by atoms with Crippen LogP contribution >= 0.6 is 12.2 Å². The third-order valence-electron chi connectivity index (χ3n) is 4.52. The van der Waals surface area contributed by atoms with Gasteiger partial charge in [0.2, 0.25) is 0 Å². The molecule has 22 heavy (non-hydrogen) atoms. The lowest BCUT2D eigenvalue weighted by Gasteiger charge is -2.41. The molecule has 1 aliphatic heterocycles. The fraction of sp³-hybridized carbons (Fsp3) is 0.611. The molecule has 1 heterocycles. The summed E-state index contributed by atoms with van der Waals surface area (Å²) in [6.07, 6.45) is 4.00. The molecule has 122 valence electrons. The van der Waals surface area contributed by atoms with E-state index in [1.54, 1.807) is 0 Å². The number of hydrogen-bond donors (Lipinski definition) is 2. The molecule has 0 bridgehead atoms. The molecule has 1 fully saturated rings. The lowest BCUT2D eigenvalue weighted by atomic mass is 9.98. The number of rotatable bonds is 4. The first-order chi connectivity index (χ1) is 10.4. The van der Waals surface area contributed by atoms with Crippen LogP contribution in [0.1, 0.15) is 44.2 Å². The SMILES string of the molecule is Cc1ccc(NC(=S)NCC(C)(C)N2CCCCC2)c(C)c1. The van der Waals surface area contributed by atoms with Crippen LogP contribution in [0.25, 0.3) is 0 Å². The molecular formula is C18H29N3S. The molecule has 1 saturated heterocycles. The van der Waals surface area contributed by atoms with Crippen molar-refractivity contribution in [3.05, 3.63) is 29.3 Å². The molecule has 4 heteroatoms. The van der Waals surface area contributed by atoms with Crippen molar-refractivity contribution in [1.29, 1.82) is 0 Å². The van der Waals surface area contributed by atoms with Gasteiger partial charge >= 0.3 is 0 Å². The van der Waals surface area contributed by atoms with Crippen LogP contribution in [0.4, 0.5) is 5.69 Å². The number of nitrogens with zero attached hydrogens (tertiary/aromatic N) is 1. The van der Waals surface area contributed by atoms with Gasteiger partial charge in [-0.25, -0.2) is 0 Å². The number of hydrogen-bond acceptors (Lipinski definition) is 2. The number of piperidine rings is 1. The summed E-state index contributed by atoms with van der Waals surface area (Å²) in [6, 6.07) is 6.37. The number of thiocarbonyl (C=S) groups is 1. The maximum absolute atomic E-state index is 5.46. The summed E-state index contributed by atoms with van der Waals surface area (Å²) in [5.41, 5.74) is 3.71. The van der Waals surface area contributed by atoms with Crippen LogP contribution in [0.5, 0.6) is 0 Å². The second kappa shape index (κ2) is 7.42. The summed E-state index contributed by atoms with van der Waals surface area (Å²) >= 11 is 5.46. The third-order valence-corrected chi connectivity index (χ3v) is 4.77. The summed E-state index contributed by atoms with van der Waals surface area (Å²) < 4.78 is 0. The van der Waals surface area contributed by atoms with Gasteiger partial charge in [0.15, 0.2) is 5.11 Å². The molecule has 1 aliphatic rings. The molecular weight excluding hydrogens is 290 g/mol. The second-order valence-corrected chi connectivity index (χ2v) is 7.39. The summed E-state index contributed by atoms with van der Waals surface area (Å²) in [7, 11) is 0. The Balaban J connectivity index is 1.86. The highest BCUT2D eigenvalue weighted by atomic mass is 32.1. The highest BCUT2D eigenvalue weighted by molar-refractivity contribution is 7.80. The van der Waals surface area contributed by atoms with Crippen molar-refractivity contribution in [2.75, 3.05) is 25.0 Å². The Morgan fingerprint density at radius 1 is 1.18 bits per heavy atom. The number of likely N-dealkylation sites (tertiary alicyclic amines) is 1. The van der Waals surface area contributed by atoms with Crippen molar-refractivity contribution in [3.63, 3.8) is 0 Å². The van der Waals surface area contributed by atoms with Gasteiger partial charge < -0.3 is 10.6 Å². The molecule has 0 saturated carbocycles. The smallest absolute Gasteiger partial charge is 0.170 e. The molecule has 0 unspecified atom stereocenters. The largest absolute Gasteiger partial charge is 0.361 e. The maximum atomic E-state index is 5.46. The summed E-state index contributed by atoms with van der Waals surface area (Å²) in [5.74, 6) is 0. The van der Waals surface area contributed by atoms with Gasteiger partial charge in [0.25, 0.3) is 0 Å². The van der Waals surface area contributed by atoms with Crippen LogP contribution in [-0.4, -0.2) is 35.2 Å². The minimum atomic E-state index is 0.133. The first-order valence-corrected chi connectivity index (χ1v) is 8.66. The zero-order valence-corrected chi connectivity index (χ0v) is 15.1. The van der Waals surface area contributed by atoms with E-state index in [9.17, 15) is 0 Å². The highest BCUT2D eigenvalue weighted by Gasteiger charge is 2.27. The number of anilines is 1. The van der Waals surface area contributed by atoms with Crippen LogP contribution in [0.2, 0.25) is 0 Å². The Kier molecular flexibility index (Phi) is 5.81. The molecule has 0 amide bonds. The highest BCUT2D eigenvalue weighted by Crippen LogP contribution is 2.20. The molecule has 0 aliphatic carbocycles. The van der Waals surface area contributed by atoms with Crippen molar-refractivity contribution in [2.45, 2.75) is 52.5 Å². The Bertz CT molecular complexity index is 519. The predicted octanol–water partition coefficient (Wildman–Crippen LogP) is 3.85. The van der Waals surface area contributed by atoms with Gasteiger partial charge in [-0.3, -0.25) is 4.90 Å². The van der Waals surface area contributed by atoms with Crippen molar-refractivity contribution < 1.29 is 0 Å². The molecule has 2 N–H and O–H groups in total. The Morgan fingerprint density at radius 3 is 2.50 bits per heavy atom.